The van der Waals surface area contributed by atoms with E-state index in [1.807, 2.05) is 0 Å². The lowest BCUT2D eigenvalue weighted by Gasteiger charge is -2.28. The van der Waals surface area contributed by atoms with Gasteiger partial charge in [-0.15, -0.1) is 0 Å². The fourth-order valence-corrected chi connectivity index (χ4v) is 1.76. The van der Waals surface area contributed by atoms with Crippen molar-refractivity contribution in [1.82, 2.24) is 15.1 Å². The normalized spacial score (nSPS) is 15.1. The number of carboxylic acids is 1. The molecule has 1 amide bonds. The van der Waals surface area contributed by atoms with E-state index < -0.39 is 5.97 Å². The summed E-state index contributed by atoms with van der Waals surface area (Å²) in [4.78, 5) is 21.9. The average molecular weight is 252 g/mol. The summed E-state index contributed by atoms with van der Waals surface area (Å²) in [6.07, 6.45) is 2.21. The smallest absolute Gasteiger partial charge is 0.303 e. The van der Waals surface area contributed by atoms with E-state index in [1.54, 1.807) is 16.9 Å². The highest BCUT2D eigenvalue weighted by atomic mass is 16.4. The van der Waals surface area contributed by atoms with E-state index >= 15 is 0 Å². The molecule has 98 valence electrons. The third kappa shape index (κ3) is 3.07. The molecule has 0 aliphatic carbocycles. The second-order valence-electron chi connectivity index (χ2n) is 4.27. The highest BCUT2D eigenvalue weighted by molar-refractivity contribution is 5.90. The van der Waals surface area contributed by atoms with E-state index in [2.05, 4.69) is 15.7 Å². The summed E-state index contributed by atoms with van der Waals surface area (Å²) >= 11 is 0. The predicted octanol–water partition coefficient (Wildman–Crippen LogP) is 0.221. The van der Waals surface area contributed by atoms with Gasteiger partial charge in [0.2, 0.25) is 5.91 Å². The molecule has 3 N–H and O–H groups in total. The Hall–Kier alpha value is -1.89. The van der Waals surface area contributed by atoms with Crippen LogP contribution in [0.5, 0.6) is 0 Å². The summed E-state index contributed by atoms with van der Waals surface area (Å²) in [6, 6.07) is 2.03. The Balaban J connectivity index is 1.83. The van der Waals surface area contributed by atoms with Crippen LogP contribution in [-0.2, 0) is 9.59 Å². The summed E-state index contributed by atoms with van der Waals surface area (Å²) in [5.74, 6) is -0.388. The minimum Gasteiger partial charge on any atom is -0.481 e. The molecule has 7 heteroatoms. The summed E-state index contributed by atoms with van der Waals surface area (Å²) < 4.78 is 1.78. The van der Waals surface area contributed by atoms with Crippen molar-refractivity contribution >= 4 is 17.7 Å². The monoisotopic (exact) mass is 252 g/mol. The molecule has 0 bridgehead atoms. The fourth-order valence-electron chi connectivity index (χ4n) is 1.76. The third-order valence-corrected chi connectivity index (χ3v) is 2.84. The van der Waals surface area contributed by atoms with Crippen LogP contribution in [0, 0.1) is 0 Å². The maximum Gasteiger partial charge on any atom is 0.303 e. The van der Waals surface area contributed by atoms with Gasteiger partial charge in [0.15, 0.2) is 0 Å². The zero-order valence-electron chi connectivity index (χ0n) is 9.93. The van der Waals surface area contributed by atoms with Gasteiger partial charge in [-0.1, -0.05) is 0 Å². The van der Waals surface area contributed by atoms with E-state index in [0.29, 0.717) is 12.2 Å². The Bertz CT molecular complexity index is 439. The van der Waals surface area contributed by atoms with Gasteiger partial charge in [0.05, 0.1) is 12.2 Å². The van der Waals surface area contributed by atoms with Gasteiger partial charge in [0.1, 0.15) is 5.82 Å². The van der Waals surface area contributed by atoms with Gasteiger partial charge < -0.3 is 15.7 Å². The summed E-state index contributed by atoms with van der Waals surface area (Å²) in [5.41, 5.74) is 0. The molecule has 0 atom stereocenters. The van der Waals surface area contributed by atoms with E-state index in [1.165, 1.54) is 0 Å². The number of hydrogen-bond acceptors (Lipinski definition) is 4. The molecular weight excluding hydrogens is 236 g/mol. The van der Waals surface area contributed by atoms with Crippen LogP contribution < -0.4 is 10.6 Å². The standard InChI is InChI=1S/C11H16N4O3/c16-10(2-1-3-11(17)18)14-9-4-5-13-15(9)8-6-12-7-8/h4-5,8,12H,1-3,6-7H2,(H,14,16)(H,17,18). The molecule has 1 saturated heterocycles. The number of anilines is 1. The number of carbonyl (C=O) groups is 2. The minimum atomic E-state index is -0.881. The van der Waals surface area contributed by atoms with Crippen molar-refractivity contribution in [3.8, 4) is 0 Å². The molecule has 1 fully saturated rings. The molecule has 1 aliphatic heterocycles. The van der Waals surface area contributed by atoms with Crippen LogP contribution in [0.1, 0.15) is 25.3 Å². The lowest BCUT2D eigenvalue weighted by atomic mass is 10.2. The predicted molar refractivity (Wildman–Crippen MR) is 64.3 cm³/mol. The Morgan fingerprint density at radius 1 is 1.50 bits per heavy atom. The number of nitrogens with one attached hydrogen (secondary N) is 2. The molecular formula is C11H16N4O3. The molecule has 0 radical (unpaired) electrons. The largest absolute Gasteiger partial charge is 0.481 e. The van der Waals surface area contributed by atoms with Crippen LogP contribution in [0.15, 0.2) is 12.3 Å². The number of carboxylic acid groups (broad SMARTS) is 1. The van der Waals surface area contributed by atoms with Crippen molar-refractivity contribution in [2.24, 2.45) is 0 Å². The average Bonchev–Trinajstić information content (AvgIpc) is 2.63. The molecule has 1 aliphatic rings. The van der Waals surface area contributed by atoms with Gasteiger partial charge in [0.25, 0.3) is 0 Å². The molecule has 2 rings (SSSR count). The fraction of sp³-hybridized carbons (Fsp3) is 0.545. The van der Waals surface area contributed by atoms with Gasteiger partial charge in [-0.2, -0.15) is 5.10 Å². The van der Waals surface area contributed by atoms with Gasteiger partial charge in [-0.25, -0.2) is 4.68 Å². The second-order valence-corrected chi connectivity index (χ2v) is 4.27. The van der Waals surface area contributed by atoms with E-state index in [0.717, 1.165) is 13.1 Å². The lowest BCUT2D eigenvalue weighted by Crippen LogP contribution is -2.44. The number of hydrogen-bond donors (Lipinski definition) is 3. The first kappa shape index (κ1) is 12.6. The summed E-state index contributed by atoms with van der Waals surface area (Å²) in [5, 5.41) is 18.5. The molecule has 1 aromatic rings. The molecule has 2 heterocycles. The number of rotatable bonds is 6. The Kier molecular flexibility index (Phi) is 3.93. The molecule has 1 aromatic heterocycles. The third-order valence-electron chi connectivity index (χ3n) is 2.84. The van der Waals surface area contributed by atoms with Crippen molar-refractivity contribution in [2.45, 2.75) is 25.3 Å². The van der Waals surface area contributed by atoms with Crippen molar-refractivity contribution < 1.29 is 14.7 Å². The summed E-state index contributed by atoms with van der Waals surface area (Å²) in [7, 11) is 0. The van der Waals surface area contributed by atoms with Crippen molar-refractivity contribution in [3.05, 3.63) is 12.3 Å². The Morgan fingerprint density at radius 2 is 2.28 bits per heavy atom. The van der Waals surface area contributed by atoms with Crippen LogP contribution in [-0.4, -0.2) is 39.9 Å². The second kappa shape index (κ2) is 5.63. The molecule has 7 nitrogen and oxygen atoms in total. The van der Waals surface area contributed by atoms with E-state index in [-0.39, 0.29) is 24.8 Å². The van der Waals surface area contributed by atoms with E-state index in [4.69, 9.17) is 5.11 Å². The van der Waals surface area contributed by atoms with Crippen LogP contribution in [0.4, 0.5) is 5.82 Å². The zero-order chi connectivity index (χ0) is 13.0. The van der Waals surface area contributed by atoms with Gasteiger partial charge in [-0.3, -0.25) is 9.59 Å². The van der Waals surface area contributed by atoms with Crippen LogP contribution in [0.3, 0.4) is 0 Å². The lowest BCUT2D eigenvalue weighted by molar-refractivity contribution is -0.137. The first-order chi connectivity index (χ1) is 8.66. The molecule has 0 aromatic carbocycles. The molecule has 0 spiro atoms. The van der Waals surface area contributed by atoms with Crippen LogP contribution >= 0.6 is 0 Å². The van der Waals surface area contributed by atoms with Crippen molar-refractivity contribution in [1.29, 1.82) is 0 Å². The number of aliphatic carboxylic acids is 1. The topological polar surface area (TPSA) is 96.2 Å². The molecule has 0 unspecified atom stereocenters. The van der Waals surface area contributed by atoms with Gasteiger partial charge in [0, 0.05) is 32.0 Å². The Morgan fingerprint density at radius 3 is 2.89 bits per heavy atom. The maximum atomic E-state index is 11.6. The number of carbonyl (C=O) groups excluding carboxylic acids is 1. The number of aromatic nitrogens is 2. The first-order valence-electron chi connectivity index (χ1n) is 5.92. The van der Waals surface area contributed by atoms with Gasteiger partial charge in [-0.05, 0) is 6.42 Å². The number of nitrogens with zero attached hydrogens (tertiary/aromatic N) is 2. The highest BCUT2D eigenvalue weighted by Crippen LogP contribution is 2.17. The first-order valence-corrected chi connectivity index (χ1v) is 5.92. The van der Waals surface area contributed by atoms with E-state index in [9.17, 15) is 9.59 Å². The van der Waals surface area contributed by atoms with Crippen LogP contribution in [0.2, 0.25) is 0 Å². The minimum absolute atomic E-state index is 0.0131. The SMILES string of the molecule is O=C(O)CCCC(=O)Nc1ccnn1C1CNC1. The van der Waals surface area contributed by atoms with Crippen molar-refractivity contribution in [3.63, 3.8) is 0 Å². The maximum absolute atomic E-state index is 11.6. The zero-order valence-corrected chi connectivity index (χ0v) is 9.93. The quantitative estimate of drug-likeness (QED) is 0.673. The highest BCUT2D eigenvalue weighted by Gasteiger charge is 2.22. The number of amides is 1. The van der Waals surface area contributed by atoms with Crippen molar-refractivity contribution in [2.75, 3.05) is 18.4 Å². The van der Waals surface area contributed by atoms with Crippen LogP contribution in [0.25, 0.3) is 0 Å². The summed E-state index contributed by atoms with van der Waals surface area (Å²) in [6.45, 7) is 1.70. The molecule has 18 heavy (non-hydrogen) atoms. The van der Waals surface area contributed by atoms with Gasteiger partial charge >= 0.3 is 5.97 Å². The Labute approximate surface area is 104 Å². The molecule has 0 saturated carbocycles.